The molecule has 1 aromatic heterocycles. The summed E-state index contributed by atoms with van der Waals surface area (Å²) in [5, 5.41) is 14.2. The number of nitrogens with one attached hydrogen (secondary N) is 2. The number of hydrogen-bond acceptors (Lipinski definition) is 4. The van der Waals surface area contributed by atoms with Crippen LogP contribution in [0.1, 0.15) is 11.4 Å². The van der Waals surface area contributed by atoms with Gasteiger partial charge in [0.1, 0.15) is 23.1 Å². The number of amidine groups is 2. The van der Waals surface area contributed by atoms with Crippen LogP contribution < -0.4 is 11.5 Å². The SMILES string of the molecule is N=C(N)c1nccnc1C(=N)N. The summed E-state index contributed by atoms with van der Waals surface area (Å²) < 4.78 is 0. The molecule has 12 heavy (non-hydrogen) atoms. The summed E-state index contributed by atoms with van der Waals surface area (Å²) in [5.74, 6) is -0.485. The van der Waals surface area contributed by atoms with Crippen LogP contribution in [0.3, 0.4) is 0 Å². The lowest BCUT2D eigenvalue weighted by atomic mass is 10.2. The Hall–Kier alpha value is -1.98. The highest BCUT2D eigenvalue weighted by Crippen LogP contribution is 1.98. The number of hydrogen-bond donors (Lipinski definition) is 4. The van der Waals surface area contributed by atoms with Crippen LogP contribution in [0.25, 0.3) is 0 Å². The third kappa shape index (κ3) is 1.36. The summed E-state index contributed by atoms with van der Waals surface area (Å²) >= 11 is 0. The molecule has 0 aliphatic heterocycles. The van der Waals surface area contributed by atoms with Gasteiger partial charge in [-0.15, -0.1) is 0 Å². The summed E-state index contributed by atoms with van der Waals surface area (Å²) in [7, 11) is 0. The van der Waals surface area contributed by atoms with E-state index in [0.29, 0.717) is 0 Å². The summed E-state index contributed by atoms with van der Waals surface area (Å²) in [6.07, 6.45) is 2.78. The van der Waals surface area contributed by atoms with Gasteiger partial charge in [-0.1, -0.05) is 0 Å². The topological polar surface area (TPSA) is 126 Å². The van der Waals surface area contributed by atoms with Crippen LogP contribution in [0.2, 0.25) is 0 Å². The zero-order chi connectivity index (χ0) is 9.14. The van der Waals surface area contributed by atoms with Gasteiger partial charge in [-0.3, -0.25) is 10.8 Å². The fourth-order valence-electron chi connectivity index (χ4n) is 0.732. The lowest BCUT2D eigenvalue weighted by Gasteiger charge is -2.02. The van der Waals surface area contributed by atoms with Crippen molar-refractivity contribution in [2.75, 3.05) is 0 Å². The average Bonchev–Trinajstić information content (AvgIpc) is 2.04. The maximum Gasteiger partial charge on any atom is 0.144 e. The molecule has 0 bridgehead atoms. The van der Waals surface area contributed by atoms with Crippen LogP contribution in [0.5, 0.6) is 0 Å². The van der Waals surface area contributed by atoms with Gasteiger partial charge in [-0.25, -0.2) is 9.97 Å². The van der Waals surface area contributed by atoms with Crippen molar-refractivity contribution in [1.82, 2.24) is 9.97 Å². The smallest absolute Gasteiger partial charge is 0.144 e. The quantitative estimate of drug-likeness (QED) is 0.332. The molecular weight excluding hydrogens is 156 g/mol. The van der Waals surface area contributed by atoms with E-state index in [1.165, 1.54) is 12.4 Å². The minimum atomic E-state index is -0.242. The van der Waals surface area contributed by atoms with Gasteiger partial charge >= 0.3 is 0 Å². The molecule has 0 atom stereocenters. The molecule has 6 nitrogen and oxygen atoms in total. The van der Waals surface area contributed by atoms with Gasteiger partial charge < -0.3 is 11.5 Å². The third-order valence-electron chi connectivity index (χ3n) is 1.21. The van der Waals surface area contributed by atoms with E-state index in [2.05, 4.69) is 9.97 Å². The summed E-state index contributed by atoms with van der Waals surface area (Å²) in [6.45, 7) is 0. The number of nitrogen functional groups attached to an aromatic ring is 2. The van der Waals surface area contributed by atoms with E-state index < -0.39 is 0 Å². The molecule has 0 fully saturated rings. The first kappa shape index (κ1) is 8.12. The van der Waals surface area contributed by atoms with E-state index in [1.807, 2.05) is 0 Å². The molecule has 0 aliphatic carbocycles. The molecule has 1 rings (SSSR count). The van der Waals surface area contributed by atoms with Gasteiger partial charge in [-0.2, -0.15) is 0 Å². The molecule has 0 aliphatic rings. The Morgan fingerprint density at radius 3 is 1.58 bits per heavy atom. The minimum absolute atomic E-state index is 0.144. The standard InChI is InChI=1S/C6H8N6/c7-5(8)3-4(6(9)10)12-2-1-11-3/h1-2H,(H3,7,8)(H3,9,10). The fraction of sp³-hybridized carbons (Fsp3) is 0. The molecule has 0 aromatic carbocycles. The Morgan fingerprint density at radius 1 is 1.00 bits per heavy atom. The molecular formula is C6H8N6. The van der Waals surface area contributed by atoms with Crippen LogP contribution in [0, 0.1) is 10.8 Å². The van der Waals surface area contributed by atoms with Crippen LogP contribution in [-0.2, 0) is 0 Å². The molecule has 0 amide bonds. The molecule has 0 saturated heterocycles. The lowest BCUT2D eigenvalue weighted by Crippen LogP contribution is -2.23. The van der Waals surface area contributed by atoms with Crippen molar-refractivity contribution in [2.45, 2.75) is 0 Å². The highest BCUT2D eigenvalue weighted by Gasteiger charge is 2.09. The highest BCUT2D eigenvalue weighted by atomic mass is 14.9. The molecule has 6 heteroatoms. The molecule has 1 heterocycles. The molecule has 0 radical (unpaired) electrons. The highest BCUT2D eigenvalue weighted by molar-refractivity contribution is 6.05. The molecule has 6 N–H and O–H groups in total. The van der Waals surface area contributed by atoms with Crippen LogP contribution in [0.4, 0.5) is 0 Å². The summed E-state index contributed by atoms with van der Waals surface area (Å²) in [5.41, 5.74) is 10.6. The second-order valence-corrected chi connectivity index (χ2v) is 2.08. The molecule has 0 spiro atoms. The number of aromatic nitrogens is 2. The van der Waals surface area contributed by atoms with Crippen molar-refractivity contribution in [2.24, 2.45) is 11.5 Å². The zero-order valence-corrected chi connectivity index (χ0v) is 6.20. The summed E-state index contributed by atoms with van der Waals surface area (Å²) in [6, 6.07) is 0. The normalized spacial score (nSPS) is 9.33. The number of rotatable bonds is 2. The van der Waals surface area contributed by atoms with Gasteiger partial charge in [0.15, 0.2) is 0 Å². The molecule has 0 unspecified atom stereocenters. The van der Waals surface area contributed by atoms with Crippen LogP contribution in [0.15, 0.2) is 12.4 Å². The van der Waals surface area contributed by atoms with Crippen molar-refractivity contribution in [1.29, 1.82) is 10.8 Å². The van der Waals surface area contributed by atoms with Crippen molar-refractivity contribution in [3.63, 3.8) is 0 Å². The van der Waals surface area contributed by atoms with Crippen LogP contribution in [-0.4, -0.2) is 21.6 Å². The van der Waals surface area contributed by atoms with Gasteiger partial charge in [0.25, 0.3) is 0 Å². The summed E-state index contributed by atoms with van der Waals surface area (Å²) in [4.78, 5) is 7.53. The predicted molar refractivity (Wildman–Crippen MR) is 44.1 cm³/mol. The second-order valence-electron chi connectivity index (χ2n) is 2.08. The third-order valence-corrected chi connectivity index (χ3v) is 1.21. The number of nitrogens with zero attached hydrogens (tertiary/aromatic N) is 2. The maximum absolute atomic E-state index is 7.09. The zero-order valence-electron chi connectivity index (χ0n) is 6.20. The van der Waals surface area contributed by atoms with Crippen molar-refractivity contribution < 1.29 is 0 Å². The number of nitrogens with two attached hydrogens (primary N) is 2. The van der Waals surface area contributed by atoms with Gasteiger partial charge in [-0.05, 0) is 0 Å². The Kier molecular flexibility index (Phi) is 2.00. The van der Waals surface area contributed by atoms with Crippen molar-refractivity contribution in [3.8, 4) is 0 Å². The van der Waals surface area contributed by atoms with E-state index in [-0.39, 0.29) is 23.1 Å². The Labute approximate surface area is 68.7 Å². The average molecular weight is 164 g/mol. The van der Waals surface area contributed by atoms with Gasteiger partial charge in [0, 0.05) is 12.4 Å². The first-order chi connectivity index (χ1) is 5.63. The van der Waals surface area contributed by atoms with Crippen molar-refractivity contribution in [3.05, 3.63) is 23.8 Å². The predicted octanol–water partition coefficient (Wildman–Crippen LogP) is -0.955. The second kappa shape index (κ2) is 2.95. The minimum Gasteiger partial charge on any atom is -0.382 e. The molecule has 62 valence electrons. The Balaban J connectivity index is 3.27. The van der Waals surface area contributed by atoms with Crippen LogP contribution >= 0.6 is 0 Å². The largest absolute Gasteiger partial charge is 0.382 e. The van der Waals surface area contributed by atoms with E-state index in [4.69, 9.17) is 22.3 Å². The first-order valence-corrected chi connectivity index (χ1v) is 3.12. The first-order valence-electron chi connectivity index (χ1n) is 3.12. The van der Waals surface area contributed by atoms with E-state index in [9.17, 15) is 0 Å². The molecule has 0 saturated carbocycles. The van der Waals surface area contributed by atoms with E-state index in [1.54, 1.807) is 0 Å². The van der Waals surface area contributed by atoms with E-state index >= 15 is 0 Å². The van der Waals surface area contributed by atoms with Crippen molar-refractivity contribution >= 4 is 11.7 Å². The van der Waals surface area contributed by atoms with Gasteiger partial charge in [0.2, 0.25) is 0 Å². The lowest BCUT2D eigenvalue weighted by molar-refractivity contribution is 1.13. The monoisotopic (exact) mass is 164 g/mol. The Morgan fingerprint density at radius 2 is 1.33 bits per heavy atom. The molecule has 1 aromatic rings. The van der Waals surface area contributed by atoms with Gasteiger partial charge in [0.05, 0.1) is 0 Å². The Bertz CT molecular complexity index is 298. The fourth-order valence-corrected chi connectivity index (χ4v) is 0.732. The maximum atomic E-state index is 7.09. The van der Waals surface area contributed by atoms with E-state index in [0.717, 1.165) is 0 Å².